The molecule has 4 heteroatoms. The minimum atomic E-state index is -0.265. The van der Waals surface area contributed by atoms with Gasteiger partial charge in [0.15, 0.2) is 18.2 Å². The molecule has 3 N–H and O–H groups in total. The number of hydrogen-bond donors (Lipinski definition) is 2. The highest BCUT2D eigenvalue weighted by Gasteiger charge is 2.14. The van der Waals surface area contributed by atoms with Gasteiger partial charge in [0.1, 0.15) is 0 Å². The number of aldehydes is 1. The summed E-state index contributed by atoms with van der Waals surface area (Å²) in [5.41, 5.74) is 1.05. The molecule has 0 unspecified atom stereocenters. The van der Waals surface area contributed by atoms with Crippen molar-refractivity contribution in [3.05, 3.63) is 23.0 Å². The molecule has 0 atom stereocenters. The van der Waals surface area contributed by atoms with E-state index in [1.165, 1.54) is 6.20 Å². The molecule has 0 aliphatic heterocycles. The van der Waals surface area contributed by atoms with Crippen LogP contribution in [0.25, 0.3) is 0 Å². The molecule has 4 nitrogen and oxygen atoms in total. The van der Waals surface area contributed by atoms with E-state index in [0.29, 0.717) is 17.5 Å². The lowest BCUT2D eigenvalue weighted by molar-refractivity contribution is -0.389. The first-order valence-electron chi connectivity index (χ1n) is 3.50. The average molecular weight is 168 g/mol. The Balaban J connectivity index is 3.35. The first-order chi connectivity index (χ1) is 5.70. The van der Waals surface area contributed by atoms with E-state index >= 15 is 0 Å². The topological polar surface area (TPSA) is 71.7 Å². The van der Waals surface area contributed by atoms with Gasteiger partial charge in [-0.25, -0.2) is 4.98 Å². The number of aryl methyl sites for hydroxylation is 1. The molecular formula is C8H10NO3+. The number of aromatic amines is 1. The zero-order chi connectivity index (χ0) is 9.14. The van der Waals surface area contributed by atoms with Crippen LogP contribution in [0, 0.1) is 6.92 Å². The van der Waals surface area contributed by atoms with E-state index in [1.807, 2.05) is 0 Å². The number of aliphatic hydroxyl groups excluding tert-OH is 1. The van der Waals surface area contributed by atoms with Crippen LogP contribution in [0.3, 0.4) is 0 Å². The summed E-state index contributed by atoms with van der Waals surface area (Å²) in [6, 6.07) is 0. The molecule has 1 aromatic rings. The Labute approximate surface area is 69.5 Å². The highest BCUT2D eigenvalue weighted by molar-refractivity contribution is 5.81. The number of rotatable bonds is 2. The van der Waals surface area contributed by atoms with Gasteiger partial charge in [-0.2, -0.15) is 0 Å². The van der Waals surface area contributed by atoms with Gasteiger partial charge >= 0.3 is 0 Å². The number of nitrogens with one attached hydrogen (secondary N) is 1. The third-order valence-corrected chi connectivity index (χ3v) is 1.71. The number of H-pyrrole nitrogens is 1. The summed E-state index contributed by atoms with van der Waals surface area (Å²) in [6.07, 6.45) is 2.03. The van der Waals surface area contributed by atoms with Crippen LogP contribution in [0.15, 0.2) is 6.20 Å². The van der Waals surface area contributed by atoms with Crippen molar-refractivity contribution in [2.45, 2.75) is 13.5 Å². The van der Waals surface area contributed by atoms with E-state index in [9.17, 15) is 9.90 Å². The first-order valence-corrected chi connectivity index (χ1v) is 3.50. The number of aliphatic hydroxyl groups is 1. The van der Waals surface area contributed by atoms with E-state index in [-0.39, 0.29) is 17.9 Å². The summed E-state index contributed by atoms with van der Waals surface area (Å²) in [5, 5.41) is 18.1. The predicted molar refractivity (Wildman–Crippen MR) is 40.7 cm³/mol. The standard InChI is InChI=1S/C8H9NO3/c1-5-8(12)7(4-11)6(3-10)2-9-5/h2,4,10,12H,3H2,1H3/p+1. The lowest BCUT2D eigenvalue weighted by atomic mass is 10.1. The van der Waals surface area contributed by atoms with Crippen molar-refractivity contribution >= 4 is 6.29 Å². The molecule has 0 saturated heterocycles. The van der Waals surface area contributed by atoms with Crippen LogP contribution in [0.2, 0.25) is 0 Å². The zero-order valence-corrected chi connectivity index (χ0v) is 6.66. The molecule has 64 valence electrons. The minimum Gasteiger partial charge on any atom is -0.502 e. The van der Waals surface area contributed by atoms with Crippen molar-refractivity contribution in [2.24, 2.45) is 0 Å². The van der Waals surface area contributed by atoms with Crippen LogP contribution >= 0.6 is 0 Å². The highest BCUT2D eigenvalue weighted by Crippen LogP contribution is 2.19. The fourth-order valence-electron chi connectivity index (χ4n) is 0.958. The Bertz CT molecular complexity index is 309. The van der Waals surface area contributed by atoms with Crippen LogP contribution in [0.5, 0.6) is 5.75 Å². The summed E-state index contributed by atoms with van der Waals surface area (Å²) in [7, 11) is 0. The lowest BCUT2D eigenvalue weighted by Crippen LogP contribution is -2.11. The molecule has 1 heterocycles. The fraction of sp³-hybridized carbons (Fsp3) is 0.250. The van der Waals surface area contributed by atoms with Crippen LogP contribution in [0.4, 0.5) is 0 Å². The van der Waals surface area contributed by atoms with Crippen molar-refractivity contribution in [3.63, 3.8) is 0 Å². The van der Waals surface area contributed by atoms with Gasteiger partial charge in [-0.1, -0.05) is 0 Å². The minimum absolute atomic E-state index is 0.100. The summed E-state index contributed by atoms with van der Waals surface area (Å²) in [4.78, 5) is 13.2. The molecule has 0 aliphatic rings. The number of hydrogen-bond acceptors (Lipinski definition) is 3. The maximum Gasteiger partial charge on any atom is 0.219 e. The Morgan fingerprint density at radius 3 is 2.83 bits per heavy atom. The molecule has 0 aromatic carbocycles. The quantitative estimate of drug-likeness (QED) is 0.602. The SMILES string of the molecule is Cc1[nH+]cc(CO)c(C=O)c1O. The Hall–Kier alpha value is -1.42. The summed E-state index contributed by atoms with van der Waals surface area (Å²) >= 11 is 0. The van der Waals surface area contributed by atoms with Crippen LogP contribution in [-0.4, -0.2) is 16.5 Å². The highest BCUT2D eigenvalue weighted by atomic mass is 16.3. The van der Waals surface area contributed by atoms with Crippen LogP contribution in [0.1, 0.15) is 21.6 Å². The number of pyridine rings is 1. The second kappa shape index (κ2) is 3.32. The summed E-state index contributed by atoms with van der Waals surface area (Å²) in [5.74, 6) is -0.100. The number of carbonyl (C=O) groups excluding carboxylic acids is 1. The van der Waals surface area contributed by atoms with Gasteiger partial charge in [0, 0.05) is 6.92 Å². The van der Waals surface area contributed by atoms with Crippen molar-refractivity contribution in [1.82, 2.24) is 0 Å². The molecule has 0 saturated carbocycles. The van der Waals surface area contributed by atoms with E-state index in [2.05, 4.69) is 4.98 Å². The summed E-state index contributed by atoms with van der Waals surface area (Å²) in [6.45, 7) is 1.38. The van der Waals surface area contributed by atoms with Crippen molar-refractivity contribution in [2.75, 3.05) is 0 Å². The Morgan fingerprint density at radius 1 is 1.67 bits per heavy atom. The molecule has 1 aromatic heterocycles. The maximum absolute atomic E-state index is 10.5. The van der Waals surface area contributed by atoms with Gasteiger partial charge in [0.05, 0.1) is 17.7 Å². The molecule has 0 aliphatic carbocycles. The number of aromatic nitrogens is 1. The fourth-order valence-corrected chi connectivity index (χ4v) is 0.958. The monoisotopic (exact) mass is 168 g/mol. The summed E-state index contributed by atoms with van der Waals surface area (Å²) < 4.78 is 0. The Kier molecular flexibility index (Phi) is 2.40. The normalized spacial score (nSPS) is 9.83. The largest absolute Gasteiger partial charge is 0.502 e. The van der Waals surface area contributed by atoms with E-state index in [4.69, 9.17) is 5.11 Å². The maximum atomic E-state index is 10.5. The lowest BCUT2D eigenvalue weighted by Gasteiger charge is -1.99. The molecule has 0 fully saturated rings. The van der Waals surface area contributed by atoms with Gasteiger partial charge in [-0.15, -0.1) is 0 Å². The number of carbonyl (C=O) groups is 1. The van der Waals surface area contributed by atoms with Gasteiger partial charge in [0.25, 0.3) is 0 Å². The molecule has 0 amide bonds. The molecule has 0 bridgehead atoms. The van der Waals surface area contributed by atoms with Gasteiger partial charge < -0.3 is 10.2 Å². The Morgan fingerprint density at radius 2 is 2.33 bits per heavy atom. The molecule has 1 rings (SSSR count). The molecular weight excluding hydrogens is 158 g/mol. The van der Waals surface area contributed by atoms with E-state index < -0.39 is 0 Å². The molecule has 0 radical (unpaired) electrons. The second-order valence-corrected chi connectivity index (χ2v) is 2.48. The predicted octanol–water partition coefficient (Wildman–Crippen LogP) is -0.180. The third kappa shape index (κ3) is 1.29. The zero-order valence-electron chi connectivity index (χ0n) is 6.66. The van der Waals surface area contributed by atoms with Gasteiger partial charge in [-0.3, -0.25) is 4.79 Å². The third-order valence-electron chi connectivity index (χ3n) is 1.71. The van der Waals surface area contributed by atoms with E-state index in [1.54, 1.807) is 6.92 Å². The molecule has 0 spiro atoms. The van der Waals surface area contributed by atoms with Gasteiger partial charge in [0.2, 0.25) is 5.69 Å². The van der Waals surface area contributed by atoms with Crippen molar-refractivity contribution in [3.8, 4) is 5.75 Å². The van der Waals surface area contributed by atoms with Crippen molar-refractivity contribution < 1.29 is 20.0 Å². The average Bonchev–Trinajstić information content (AvgIpc) is 2.09. The van der Waals surface area contributed by atoms with Crippen LogP contribution in [-0.2, 0) is 6.61 Å². The van der Waals surface area contributed by atoms with Crippen LogP contribution < -0.4 is 4.98 Å². The van der Waals surface area contributed by atoms with E-state index in [0.717, 1.165) is 0 Å². The second-order valence-electron chi connectivity index (χ2n) is 2.48. The van der Waals surface area contributed by atoms with Crippen molar-refractivity contribution in [1.29, 1.82) is 0 Å². The first kappa shape index (κ1) is 8.67. The number of aromatic hydroxyl groups is 1. The van der Waals surface area contributed by atoms with Gasteiger partial charge in [-0.05, 0) is 0 Å². The smallest absolute Gasteiger partial charge is 0.219 e. The molecule has 12 heavy (non-hydrogen) atoms.